The molecule has 3 N–H and O–H groups in total. The van der Waals surface area contributed by atoms with Crippen LogP contribution in [0.15, 0.2) is 46.7 Å². The molecule has 0 unspecified atom stereocenters. The number of halogens is 1. The summed E-state index contributed by atoms with van der Waals surface area (Å²) in [6.07, 6.45) is 6.81. The summed E-state index contributed by atoms with van der Waals surface area (Å²) < 4.78 is 1.98. The van der Waals surface area contributed by atoms with Gasteiger partial charge in [0, 0.05) is 35.9 Å². The number of anilines is 1. The van der Waals surface area contributed by atoms with Crippen LogP contribution < -0.4 is 11.1 Å². The molecule has 1 aromatic heterocycles. The van der Waals surface area contributed by atoms with Crippen molar-refractivity contribution in [1.29, 1.82) is 0 Å². The highest BCUT2D eigenvalue weighted by Gasteiger charge is 2.31. The summed E-state index contributed by atoms with van der Waals surface area (Å²) in [6.45, 7) is 0.595. The van der Waals surface area contributed by atoms with E-state index in [4.69, 9.17) is 5.73 Å². The fourth-order valence-corrected chi connectivity index (χ4v) is 3.86. The van der Waals surface area contributed by atoms with Crippen molar-refractivity contribution in [1.82, 2.24) is 9.55 Å². The number of hydrogen-bond donors (Lipinski definition) is 2. The Morgan fingerprint density at radius 1 is 1.38 bits per heavy atom. The first kappa shape index (κ1) is 18.8. The first-order chi connectivity index (χ1) is 11.2. The smallest absolute Gasteiger partial charge is 0.227 e. The van der Waals surface area contributed by atoms with Crippen LogP contribution in [-0.2, 0) is 11.8 Å². The lowest BCUT2D eigenvalue weighted by atomic mass is 9.95. The molecular formula is C17H23ClN4OS. The number of benzene rings is 1. The zero-order valence-electron chi connectivity index (χ0n) is 13.6. The summed E-state index contributed by atoms with van der Waals surface area (Å²) in [5, 5.41) is 3.96. The summed E-state index contributed by atoms with van der Waals surface area (Å²) in [7, 11) is 1.97. The van der Waals surface area contributed by atoms with Gasteiger partial charge in [0.15, 0.2) is 5.16 Å². The molecule has 1 saturated carbocycles. The minimum absolute atomic E-state index is 0. The van der Waals surface area contributed by atoms with Crippen LogP contribution in [0.4, 0.5) is 5.69 Å². The van der Waals surface area contributed by atoms with Crippen molar-refractivity contribution in [2.75, 3.05) is 11.9 Å². The fourth-order valence-electron chi connectivity index (χ4n) is 3.06. The Morgan fingerprint density at radius 3 is 2.75 bits per heavy atom. The molecule has 0 saturated heterocycles. The van der Waals surface area contributed by atoms with Gasteiger partial charge in [-0.15, -0.1) is 12.4 Å². The second kappa shape index (κ2) is 8.55. The molecule has 1 aliphatic carbocycles. The van der Waals surface area contributed by atoms with Crippen molar-refractivity contribution in [2.24, 2.45) is 24.6 Å². The van der Waals surface area contributed by atoms with Crippen LogP contribution >= 0.6 is 24.2 Å². The van der Waals surface area contributed by atoms with Crippen molar-refractivity contribution in [3.05, 3.63) is 36.7 Å². The first-order valence-corrected chi connectivity index (χ1v) is 8.75. The number of hydrogen-bond acceptors (Lipinski definition) is 4. The van der Waals surface area contributed by atoms with Gasteiger partial charge in [0.25, 0.3) is 0 Å². The lowest BCUT2D eigenvalue weighted by Gasteiger charge is -2.17. The van der Waals surface area contributed by atoms with Crippen LogP contribution in [0.2, 0.25) is 0 Å². The summed E-state index contributed by atoms with van der Waals surface area (Å²) in [5.74, 6) is 0.484. The van der Waals surface area contributed by atoms with E-state index in [1.54, 1.807) is 18.0 Å². The van der Waals surface area contributed by atoms with E-state index in [1.807, 2.05) is 42.1 Å². The van der Waals surface area contributed by atoms with Crippen LogP contribution in [0, 0.1) is 11.8 Å². The number of nitrogens with one attached hydrogen (secondary N) is 1. The van der Waals surface area contributed by atoms with Gasteiger partial charge in [0.1, 0.15) is 0 Å². The maximum atomic E-state index is 12.4. The Balaban J connectivity index is 0.00000208. The van der Waals surface area contributed by atoms with E-state index < -0.39 is 0 Å². The Labute approximate surface area is 152 Å². The van der Waals surface area contributed by atoms with E-state index >= 15 is 0 Å². The molecule has 24 heavy (non-hydrogen) atoms. The van der Waals surface area contributed by atoms with Crippen LogP contribution in [0.3, 0.4) is 0 Å². The summed E-state index contributed by atoms with van der Waals surface area (Å²) in [4.78, 5) is 17.8. The summed E-state index contributed by atoms with van der Waals surface area (Å²) in [6, 6.07) is 7.89. The number of carbonyl (C=O) groups is 1. The molecule has 130 valence electrons. The van der Waals surface area contributed by atoms with E-state index in [1.165, 1.54) is 0 Å². The predicted octanol–water partition coefficient (Wildman–Crippen LogP) is 3.31. The van der Waals surface area contributed by atoms with Gasteiger partial charge in [-0.2, -0.15) is 0 Å². The third-order valence-electron chi connectivity index (χ3n) is 4.41. The minimum atomic E-state index is 0. The fraction of sp³-hybridized carbons (Fsp3) is 0.412. The molecule has 2 aromatic rings. The Hall–Kier alpha value is -1.50. The third kappa shape index (κ3) is 4.32. The van der Waals surface area contributed by atoms with Crippen molar-refractivity contribution in [2.45, 2.75) is 29.3 Å². The molecule has 0 bridgehead atoms. The molecular weight excluding hydrogens is 344 g/mol. The number of aromatic nitrogens is 2. The maximum absolute atomic E-state index is 12.4. The van der Waals surface area contributed by atoms with E-state index in [2.05, 4.69) is 10.3 Å². The van der Waals surface area contributed by atoms with Crippen molar-refractivity contribution < 1.29 is 4.79 Å². The average Bonchev–Trinajstić information content (AvgIpc) is 3.18. The summed E-state index contributed by atoms with van der Waals surface area (Å²) >= 11 is 1.60. The molecule has 2 atom stereocenters. The SMILES string of the molecule is Cl.Cn1ccnc1Sc1ccc(NC(=O)[C@@H]2CCC[C@@H]2CN)cc1. The number of imidazole rings is 1. The largest absolute Gasteiger partial charge is 0.330 e. The lowest BCUT2D eigenvalue weighted by molar-refractivity contribution is -0.120. The zero-order valence-corrected chi connectivity index (χ0v) is 15.3. The van der Waals surface area contributed by atoms with Gasteiger partial charge >= 0.3 is 0 Å². The second-order valence-electron chi connectivity index (χ2n) is 5.97. The van der Waals surface area contributed by atoms with Gasteiger partial charge in [0.2, 0.25) is 5.91 Å². The van der Waals surface area contributed by atoms with Crippen LogP contribution in [0.25, 0.3) is 0 Å². The van der Waals surface area contributed by atoms with Gasteiger partial charge in [-0.25, -0.2) is 4.98 Å². The highest BCUT2D eigenvalue weighted by atomic mass is 35.5. The molecule has 3 rings (SSSR count). The molecule has 0 aliphatic heterocycles. The lowest BCUT2D eigenvalue weighted by Crippen LogP contribution is -2.29. The Morgan fingerprint density at radius 2 is 2.12 bits per heavy atom. The number of nitrogens with two attached hydrogens (primary N) is 1. The Kier molecular flexibility index (Phi) is 6.71. The topological polar surface area (TPSA) is 72.9 Å². The van der Waals surface area contributed by atoms with Gasteiger partial charge in [-0.05, 0) is 49.6 Å². The highest BCUT2D eigenvalue weighted by Crippen LogP contribution is 2.32. The molecule has 0 spiro atoms. The molecule has 1 aromatic carbocycles. The van der Waals surface area contributed by atoms with Gasteiger partial charge in [-0.3, -0.25) is 4.79 Å². The van der Waals surface area contributed by atoms with Crippen molar-refractivity contribution >= 4 is 35.8 Å². The van der Waals surface area contributed by atoms with Crippen LogP contribution in [0.1, 0.15) is 19.3 Å². The third-order valence-corrected chi connectivity index (χ3v) is 5.49. The van der Waals surface area contributed by atoms with Crippen LogP contribution in [0.5, 0.6) is 0 Å². The minimum Gasteiger partial charge on any atom is -0.330 e. The molecule has 0 radical (unpaired) electrons. The number of rotatable bonds is 5. The molecule has 5 nitrogen and oxygen atoms in total. The average molecular weight is 367 g/mol. The highest BCUT2D eigenvalue weighted by molar-refractivity contribution is 7.99. The molecule has 1 heterocycles. The van der Waals surface area contributed by atoms with Gasteiger partial charge in [0.05, 0.1) is 0 Å². The van der Waals surface area contributed by atoms with Crippen LogP contribution in [-0.4, -0.2) is 22.0 Å². The second-order valence-corrected chi connectivity index (χ2v) is 7.01. The monoisotopic (exact) mass is 366 g/mol. The molecule has 1 aliphatic rings. The van der Waals surface area contributed by atoms with Gasteiger partial charge < -0.3 is 15.6 Å². The molecule has 1 fully saturated rings. The number of nitrogens with zero attached hydrogens (tertiary/aromatic N) is 2. The Bertz CT molecular complexity index is 673. The van der Waals surface area contributed by atoms with E-state index in [-0.39, 0.29) is 24.2 Å². The van der Waals surface area contributed by atoms with Gasteiger partial charge in [-0.1, -0.05) is 18.2 Å². The van der Waals surface area contributed by atoms with E-state index in [9.17, 15) is 4.79 Å². The molecule has 1 amide bonds. The number of amides is 1. The number of carbonyl (C=O) groups excluding carboxylic acids is 1. The zero-order chi connectivity index (χ0) is 16.2. The first-order valence-electron chi connectivity index (χ1n) is 7.93. The van der Waals surface area contributed by atoms with Crippen molar-refractivity contribution in [3.63, 3.8) is 0 Å². The van der Waals surface area contributed by atoms with E-state index in [0.29, 0.717) is 12.5 Å². The standard InChI is InChI=1S/C17H22N4OS.ClH/c1-21-10-9-19-17(21)23-14-7-5-13(6-8-14)20-16(22)15-4-2-3-12(15)11-18;/h5-10,12,15H,2-4,11,18H2,1H3,(H,20,22);1H/t12-,15-;/m1./s1. The normalized spacial score (nSPS) is 19.8. The maximum Gasteiger partial charge on any atom is 0.227 e. The summed E-state index contributed by atoms with van der Waals surface area (Å²) in [5.41, 5.74) is 6.60. The predicted molar refractivity (Wildman–Crippen MR) is 99.5 cm³/mol. The van der Waals surface area contributed by atoms with E-state index in [0.717, 1.165) is 35.0 Å². The van der Waals surface area contributed by atoms with Crippen molar-refractivity contribution in [3.8, 4) is 0 Å². The quantitative estimate of drug-likeness (QED) is 0.851. The number of aryl methyl sites for hydroxylation is 1. The molecule has 7 heteroatoms.